The minimum Gasteiger partial charge on any atom is -0.489 e. The van der Waals surface area contributed by atoms with E-state index >= 15 is 0 Å². The Bertz CT molecular complexity index is 1480. The van der Waals surface area contributed by atoms with E-state index in [0.29, 0.717) is 30.0 Å². The predicted octanol–water partition coefficient (Wildman–Crippen LogP) is 3.58. The van der Waals surface area contributed by atoms with Gasteiger partial charge in [-0.25, -0.2) is 4.79 Å². The number of benzene rings is 3. The zero-order chi connectivity index (χ0) is 29.1. The van der Waals surface area contributed by atoms with Crippen LogP contribution in [0.25, 0.3) is 0 Å². The van der Waals surface area contributed by atoms with Crippen LogP contribution in [0.15, 0.2) is 66.7 Å². The SMILES string of the molecule is CC(C)(O)c1ccc(COc2ccc(NC(=O)NCc3ccc4c(c3)CN(C3CCC(=O)NC3=O)C4=O)cc2)cc1. The number of carbonyl (C=O) groups is 4. The second-order valence-corrected chi connectivity index (χ2v) is 10.8. The standard InChI is InChI=1S/C31H32N4O6/c1-31(2,40)22-6-3-19(4-7-22)18-41-24-10-8-23(9-11-24)33-30(39)32-16-20-5-12-25-21(15-20)17-35(29(25)38)26-13-14-27(36)34-28(26)37/h3-12,15,26,40H,13-14,16-18H2,1-2H3,(H2,32,33,39)(H,34,36,37). The number of rotatable bonds is 8. The highest BCUT2D eigenvalue weighted by molar-refractivity contribution is 6.05. The summed E-state index contributed by atoms with van der Waals surface area (Å²) in [6, 6.07) is 18.9. The van der Waals surface area contributed by atoms with Gasteiger partial charge in [0.1, 0.15) is 18.4 Å². The number of fused-ring (bicyclic) bond motifs is 1. The van der Waals surface area contributed by atoms with Crippen LogP contribution in [0, 0.1) is 0 Å². The van der Waals surface area contributed by atoms with Crippen molar-refractivity contribution in [2.24, 2.45) is 0 Å². The molecule has 10 nitrogen and oxygen atoms in total. The van der Waals surface area contributed by atoms with Crippen LogP contribution in [-0.2, 0) is 34.9 Å². The van der Waals surface area contributed by atoms with Gasteiger partial charge in [0, 0.05) is 30.8 Å². The summed E-state index contributed by atoms with van der Waals surface area (Å²) >= 11 is 0. The molecule has 3 aromatic rings. The molecule has 41 heavy (non-hydrogen) atoms. The topological polar surface area (TPSA) is 137 Å². The summed E-state index contributed by atoms with van der Waals surface area (Å²) in [6.45, 7) is 4.38. The lowest BCUT2D eigenvalue weighted by Gasteiger charge is -2.29. The number of carbonyl (C=O) groups excluding carboxylic acids is 4. The molecule has 0 bridgehead atoms. The van der Waals surface area contributed by atoms with Gasteiger partial charge in [-0.3, -0.25) is 19.7 Å². The average Bonchev–Trinajstić information content (AvgIpc) is 3.26. The molecule has 10 heteroatoms. The molecule has 0 aliphatic carbocycles. The largest absolute Gasteiger partial charge is 0.489 e. The van der Waals surface area contributed by atoms with E-state index < -0.39 is 17.6 Å². The second kappa shape index (κ2) is 11.4. The quantitative estimate of drug-likeness (QED) is 0.313. The highest BCUT2D eigenvalue weighted by atomic mass is 16.5. The van der Waals surface area contributed by atoms with Crippen LogP contribution in [0.5, 0.6) is 5.75 Å². The molecule has 3 aromatic carbocycles. The third-order valence-electron chi connectivity index (χ3n) is 7.22. The van der Waals surface area contributed by atoms with Crippen LogP contribution >= 0.6 is 0 Å². The number of nitrogens with one attached hydrogen (secondary N) is 3. The number of anilines is 1. The van der Waals surface area contributed by atoms with Crippen LogP contribution in [0.4, 0.5) is 10.5 Å². The van der Waals surface area contributed by atoms with Crippen LogP contribution < -0.4 is 20.7 Å². The Labute approximate surface area is 237 Å². The molecule has 0 radical (unpaired) electrons. The van der Waals surface area contributed by atoms with Gasteiger partial charge in [0.15, 0.2) is 0 Å². The maximum Gasteiger partial charge on any atom is 0.319 e. The summed E-state index contributed by atoms with van der Waals surface area (Å²) < 4.78 is 5.83. The molecule has 1 fully saturated rings. The molecule has 2 aliphatic heterocycles. The number of hydrogen-bond acceptors (Lipinski definition) is 6. The molecule has 4 N–H and O–H groups in total. The van der Waals surface area contributed by atoms with E-state index in [1.54, 1.807) is 50.2 Å². The molecule has 5 rings (SSSR count). The van der Waals surface area contributed by atoms with Gasteiger partial charge >= 0.3 is 6.03 Å². The van der Waals surface area contributed by atoms with E-state index in [1.165, 1.54) is 4.90 Å². The number of piperidine rings is 1. The Morgan fingerprint density at radius 3 is 2.41 bits per heavy atom. The molecule has 0 aromatic heterocycles. The van der Waals surface area contributed by atoms with Gasteiger partial charge in [-0.05, 0) is 72.9 Å². The monoisotopic (exact) mass is 556 g/mol. The Morgan fingerprint density at radius 2 is 1.73 bits per heavy atom. The average molecular weight is 557 g/mol. The molecule has 5 amide bonds. The number of urea groups is 1. The summed E-state index contributed by atoms with van der Waals surface area (Å²) in [7, 11) is 0. The Balaban J connectivity index is 1.09. The molecular formula is C31H32N4O6. The van der Waals surface area contributed by atoms with E-state index in [4.69, 9.17) is 4.74 Å². The van der Waals surface area contributed by atoms with Crippen molar-refractivity contribution in [2.75, 3.05) is 5.32 Å². The number of amides is 5. The Hall–Kier alpha value is -4.70. The molecule has 0 spiro atoms. The van der Waals surface area contributed by atoms with Crippen molar-refractivity contribution in [3.8, 4) is 5.75 Å². The maximum absolute atomic E-state index is 12.8. The predicted molar refractivity (Wildman–Crippen MR) is 151 cm³/mol. The van der Waals surface area contributed by atoms with Crippen molar-refractivity contribution >= 4 is 29.4 Å². The number of ether oxygens (including phenoxy) is 1. The smallest absolute Gasteiger partial charge is 0.319 e. The van der Waals surface area contributed by atoms with Crippen LogP contribution in [0.1, 0.15) is 59.3 Å². The lowest BCUT2D eigenvalue weighted by atomic mass is 9.97. The second-order valence-electron chi connectivity index (χ2n) is 10.8. The highest BCUT2D eigenvalue weighted by Gasteiger charge is 2.39. The molecule has 2 heterocycles. The van der Waals surface area contributed by atoms with Crippen molar-refractivity contribution in [1.82, 2.24) is 15.5 Å². The van der Waals surface area contributed by atoms with Gasteiger partial charge < -0.3 is 25.4 Å². The first-order valence-electron chi connectivity index (χ1n) is 13.4. The van der Waals surface area contributed by atoms with Crippen LogP contribution in [0.3, 0.4) is 0 Å². The fourth-order valence-electron chi connectivity index (χ4n) is 4.91. The normalized spacial score (nSPS) is 16.7. The van der Waals surface area contributed by atoms with Gasteiger partial charge in [0.05, 0.1) is 5.60 Å². The molecule has 1 saturated heterocycles. The first-order chi connectivity index (χ1) is 19.6. The Morgan fingerprint density at radius 1 is 1.02 bits per heavy atom. The summed E-state index contributed by atoms with van der Waals surface area (Å²) in [5.74, 6) is -0.347. The molecule has 2 aliphatic rings. The molecular weight excluding hydrogens is 524 g/mol. The molecule has 1 unspecified atom stereocenters. The highest BCUT2D eigenvalue weighted by Crippen LogP contribution is 2.28. The lowest BCUT2D eigenvalue weighted by Crippen LogP contribution is -2.52. The summed E-state index contributed by atoms with van der Waals surface area (Å²) in [4.78, 5) is 50.5. The number of nitrogens with zero attached hydrogens (tertiary/aromatic N) is 1. The first-order valence-corrected chi connectivity index (χ1v) is 13.4. The van der Waals surface area contributed by atoms with Crippen molar-refractivity contribution in [1.29, 1.82) is 0 Å². The van der Waals surface area contributed by atoms with E-state index in [1.807, 2.05) is 30.3 Å². The fourth-order valence-corrected chi connectivity index (χ4v) is 4.91. The lowest BCUT2D eigenvalue weighted by molar-refractivity contribution is -0.136. The van der Waals surface area contributed by atoms with E-state index in [9.17, 15) is 24.3 Å². The van der Waals surface area contributed by atoms with E-state index in [2.05, 4.69) is 16.0 Å². The van der Waals surface area contributed by atoms with E-state index in [-0.39, 0.29) is 37.4 Å². The maximum atomic E-state index is 12.8. The fraction of sp³-hybridized carbons (Fsp3) is 0.290. The summed E-state index contributed by atoms with van der Waals surface area (Å²) in [6.07, 6.45) is 0.514. The van der Waals surface area contributed by atoms with Crippen molar-refractivity contribution in [3.63, 3.8) is 0 Å². The van der Waals surface area contributed by atoms with Gasteiger partial charge in [0.2, 0.25) is 11.8 Å². The molecule has 1 atom stereocenters. The van der Waals surface area contributed by atoms with Crippen molar-refractivity contribution in [3.05, 3.63) is 94.5 Å². The molecule has 212 valence electrons. The number of aliphatic hydroxyl groups is 1. The third-order valence-corrected chi connectivity index (χ3v) is 7.22. The van der Waals surface area contributed by atoms with Crippen LogP contribution in [-0.4, -0.2) is 39.8 Å². The zero-order valence-electron chi connectivity index (χ0n) is 22.9. The number of hydrogen-bond donors (Lipinski definition) is 4. The first kappa shape index (κ1) is 27.9. The van der Waals surface area contributed by atoms with Gasteiger partial charge in [-0.1, -0.05) is 36.4 Å². The minimum atomic E-state index is -0.891. The number of imide groups is 1. The van der Waals surface area contributed by atoms with E-state index in [0.717, 1.165) is 22.3 Å². The Kier molecular flexibility index (Phi) is 7.76. The van der Waals surface area contributed by atoms with Gasteiger partial charge in [0.25, 0.3) is 5.91 Å². The van der Waals surface area contributed by atoms with Crippen molar-refractivity contribution < 1.29 is 29.0 Å². The minimum absolute atomic E-state index is 0.204. The summed E-state index contributed by atoms with van der Waals surface area (Å²) in [5, 5.41) is 18.0. The zero-order valence-corrected chi connectivity index (χ0v) is 22.9. The van der Waals surface area contributed by atoms with Gasteiger partial charge in [-0.2, -0.15) is 0 Å². The third kappa shape index (κ3) is 6.55. The van der Waals surface area contributed by atoms with Crippen LogP contribution in [0.2, 0.25) is 0 Å². The summed E-state index contributed by atoms with van der Waals surface area (Å²) in [5.41, 5.74) is 3.63. The molecule has 0 saturated carbocycles. The van der Waals surface area contributed by atoms with Gasteiger partial charge in [-0.15, -0.1) is 0 Å². The van der Waals surface area contributed by atoms with Crippen molar-refractivity contribution in [2.45, 2.75) is 58.0 Å².